The molecule has 5 nitrogen and oxygen atoms in total. The largest absolute Gasteiger partial charge is 0.493 e. The third kappa shape index (κ3) is 2.65. The predicted octanol–water partition coefficient (Wildman–Crippen LogP) is 3.14. The number of carbonyl (C=O) groups is 2. The summed E-state index contributed by atoms with van der Waals surface area (Å²) in [5, 5.41) is 0.925. The summed E-state index contributed by atoms with van der Waals surface area (Å²) in [7, 11) is 0. The molecule has 2 aromatic carbocycles. The Morgan fingerprint density at radius 2 is 1.96 bits per heavy atom. The van der Waals surface area contributed by atoms with Crippen LogP contribution in [-0.4, -0.2) is 30.0 Å². The maximum atomic E-state index is 12.2. The Kier molecular flexibility index (Phi) is 3.54. The number of carbonyl (C=O) groups excluding carboxylic acids is 2. The van der Waals surface area contributed by atoms with Crippen molar-refractivity contribution in [1.29, 1.82) is 0 Å². The van der Waals surface area contributed by atoms with Gasteiger partial charge in [0.05, 0.1) is 12.2 Å². The summed E-state index contributed by atoms with van der Waals surface area (Å²) >= 11 is 0. The summed E-state index contributed by atoms with van der Waals surface area (Å²) < 4.78 is 10.6. The topological polar surface area (TPSA) is 68.4 Å². The minimum absolute atomic E-state index is 0.222. The van der Waals surface area contributed by atoms with Crippen molar-refractivity contribution in [2.24, 2.45) is 0 Å². The van der Waals surface area contributed by atoms with E-state index in [9.17, 15) is 9.59 Å². The highest BCUT2D eigenvalue weighted by Crippen LogP contribution is 2.26. The molecule has 0 saturated heterocycles. The molecule has 1 aliphatic heterocycles. The molecule has 0 radical (unpaired) electrons. The summed E-state index contributed by atoms with van der Waals surface area (Å²) in [6.45, 7) is 0.368. The van der Waals surface area contributed by atoms with Gasteiger partial charge >= 0.3 is 5.97 Å². The molecular formula is C19H15NO4. The van der Waals surface area contributed by atoms with E-state index >= 15 is 0 Å². The Labute approximate surface area is 138 Å². The normalized spacial score (nSPS) is 12.7. The molecule has 0 bridgehead atoms. The highest BCUT2D eigenvalue weighted by atomic mass is 16.5. The number of aromatic nitrogens is 1. The third-order valence-corrected chi connectivity index (χ3v) is 4.13. The smallest absolute Gasteiger partial charge is 0.338 e. The monoisotopic (exact) mass is 321 g/mol. The molecule has 0 atom stereocenters. The zero-order valence-corrected chi connectivity index (χ0v) is 12.9. The molecule has 5 heteroatoms. The van der Waals surface area contributed by atoms with E-state index in [1.54, 1.807) is 30.5 Å². The van der Waals surface area contributed by atoms with E-state index in [4.69, 9.17) is 9.47 Å². The third-order valence-electron chi connectivity index (χ3n) is 4.13. The first kappa shape index (κ1) is 14.5. The minimum Gasteiger partial charge on any atom is -0.493 e. The van der Waals surface area contributed by atoms with Crippen LogP contribution in [0.2, 0.25) is 0 Å². The number of hydrogen-bond acceptors (Lipinski definition) is 4. The van der Waals surface area contributed by atoms with Gasteiger partial charge in [-0.25, -0.2) is 4.79 Å². The van der Waals surface area contributed by atoms with Gasteiger partial charge in [0.1, 0.15) is 5.75 Å². The zero-order chi connectivity index (χ0) is 16.5. The fourth-order valence-corrected chi connectivity index (χ4v) is 2.84. The lowest BCUT2D eigenvalue weighted by atomic mass is 10.1. The quantitative estimate of drug-likeness (QED) is 0.592. The molecular weight excluding hydrogens is 306 g/mol. The van der Waals surface area contributed by atoms with Gasteiger partial charge < -0.3 is 14.5 Å². The molecule has 4 rings (SSSR count). The number of hydrogen-bond donors (Lipinski definition) is 1. The molecule has 120 valence electrons. The number of ether oxygens (including phenoxy) is 2. The fourth-order valence-electron chi connectivity index (χ4n) is 2.84. The van der Waals surface area contributed by atoms with Gasteiger partial charge in [-0.05, 0) is 48.0 Å². The summed E-state index contributed by atoms with van der Waals surface area (Å²) in [5.41, 5.74) is 2.93. The average Bonchev–Trinajstić information content (AvgIpc) is 3.26. The lowest BCUT2D eigenvalue weighted by molar-refractivity contribution is 0.0475. The van der Waals surface area contributed by atoms with Crippen molar-refractivity contribution in [3.05, 3.63) is 65.4 Å². The number of fused-ring (bicyclic) bond motifs is 2. The first-order chi connectivity index (χ1) is 11.7. The number of rotatable bonds is 4. The summed E-state index contributed by atoms with van der Waals surface area (Å²) in [5.74, 6) is 0.0973. The first-order valence-electron chi connectivity index (χ1n) is 7.74. The summed E-state index contributed by atoms with van der Waals surface area (Å²) in [6, 6.07) is 12.4. The highest BCUT2D eigenvalue weighted by molar-refractivity contribution is 6.00. The highest BCUT2D eigenvalue weighted by Gasteiger charge is 2.17. The lowest BCUT2D eigenvalue weighted by Gasteiger charge is -2.06. The van der Waals surface area contributed by atoms with E-state index in [-0.39, 0.29) is 12.4 Å². The van der Waals surface area contributed by atoms with Gasteiger partial charge in [-0.1, -0.05) is 0 Å². The molecule has 24 heavy (non-hydrogen) atoms. The Balaban J connectivity index is 1.43. The number of esters is 1. The van der Waals surface area contributed by atoms with Crippen LogP contribution >= 0.6 is 0 Å². The van der Waals surface area contributed by atoms with Crippen LogP contribution in [0.4, 0.5) is 0 Å². The zero-order valence-electron chi connectivity index (χ0n) is 12.9. The number of ketones is 1. The van der Waals surface area contributed by atoms with Crippen LogP contribution in [0.5, 0.6) is 5.75 Å². The van der Waals surface area contributed by atoms with Crippen molar-refractivity contribution in [2.45, 2.75) is 6.42 Å². The number of H-pyrrole nitrogens is 1. The first-order valence-corrected chi connectivity index (χ1v) is 7.74. The summed E-state index contributed by atoms with van der Waals surface area (Å²) in [4.78, 5) is 27.4. The minimum atomic E-state index is -0.504. The SMILES string of the molecule is O=C(COC(=O)c1ccc2[nH]ccc2c1)c1ccc2c(c1)CCO2. The molecule has 0 aliphatic carbocycles. The molecule has 1 N–H and O–H groups in total. The van der Waals surface area contributed by atoms with Crippen molar-refractivity contribution < 1.29 is 19.1 Å². The van der Waals surface area contributed by atoms with Crippen molar-refractivity contribution in [3.63, 3.8) is 0 Å². The van der Waals surface area contributed by atoms with Crippen LogP contribution in [-0.2, 0) is 11.2 Å². The summed E-state index contributed by atoms with van der Waals surface area (Å²) in [6.07, 6.45) is 2.60. The molecule has 1 aromatic heterocycles. The van der Waals surface area contributed by atoms with E-state index in [0.29, 0.717) is 17.7 Å². The molecule has 0 spiro atoms. The van der Waals surface area contributed by atoms with E-state index in [2.05, 4.69) is 4.98 Å². The second kappa shape index (κ2) is 5.85. The van der Waals surface area contributed by atoms with Gasteiger partial charge in [-0.15, -0.1) is 0 Å². The van der Waals surface area contributed by atoms with Crippen LogP contribution in [0.1, 0.15) is 26.3 Å². The average molecular weight is 321 g/mol. The standard InChI is InChI=1S/C19H15NO4/c21-17(13-2-4-18-14(10-13)6-8-23-18)11-24-19(22)15-1-3-16-12(9-15)5-7-20-16/h1-5,7,9-10,20H,6,8,11H2. The second-order valence-corrected chi connectivity index (χ2v) is 5.70. The van der Waals surface area contributed by atoms with Crippen LogP contribution in [0.15, 0.2) is 48.7 Å². The van der Waals surface area contributed by atoms with Crippen LogP contribution < -0.4 is 4.74 Å². The molecule has 2 heterocycles. The number of benzene rings is 2. The van der Waals surface area contributed by atoms with Crippen molar-refractivity contribution >= 4 is 22.7 Å². The van der Waals surface area contributed by atoms with E-state index < -0.39 is 5.97 Å². The maximum Gasteiger partial charge on any atom is 0.338 e. The van der Waals surface area contributed by atoms with Crippen LogP contribution in [0.3, 0.4) is 0 Å². The Bertz CT molecular complexity index is 941. The molecule has 0 amide bonds. The van der Waals surface area contributed by atoms with Gasteiger partial charge in [0.15, 0.2) is 12.4 Å². The van der Waals surface area contributed by atoms with E-state index in [1.807, 2.05) is 18.2 Å². The van der Waals surface area contributed by atoms with Gasteiger partial charge in [-0.3, -0.25) is 4.79 Å². The molecule has 0 saturated carbocycles. The van der Waals surface area contributed by atoms with E-state index in [0.717, 1.165) is 28.6 Å². The number of Topliss-reactive ketones (excluding diaryl/α,β-unsaturated/α-hetero) is 1. The van der Waals surface area contributed by atoms with Gasteiger partial charge in [0, 0.05) is 29.1 Å². The Hall–Kier alpha value is -3.08. The maximum absolute atomic E-state index is 12.2. The van der Waals surface area contributed by atoms with Gasteiger partial charge in [-0.2, -0.15) is 0 Å². The van der Waals surface area contributed by atoms with Crippen molar-refractivity contribution in [1.82, 2.24) is 4.98 Å². The van der Waals surface area contributed by atoms with Gasteiger partial charge in [0.25, 0.3) is 0 Å². The Morgan fingerprint density at radius 3 is 2.88 bits per heavy atom. The molecule has 0 unspecified atom stereocenters. The molecule has 1 aliphatic rings. The van der Waals surface area contributed by atoms with E-state index in [1.165, 1.54) is 0 Å². The van der Waals surface area contributed by atoms with Crippen molar-refractivity contribution in [2.75, 3.05) is 13.2 Å². The second-order valence-electron chi connectivity index (χ2n) is 5.70. The van der Waals surface area contributed by atoms with Crippen LogP contribution in [0.25, 0.3) is 10.9 Å². The lowest BCUT2D eigenvalue weighted by Crippen LogP contribution is -2.14. The molecule has 3 aromatic rings. The number of nitrogens with one attached hydrogen (secondary N) is 1. The Morgan fingerprint density at radius 1 is 1.08 bits per heavy atom. The van der Waals surface area contributed by atoms with Crippen LogP contribution in [0, 0.1) is 0 Å². The molecule has 0 fully saturated rings. The van der Waals surface area contributed by atoms with Crippen molar-refractivity contribution in [3.8, 4) is 5.75 Å². The van der Waals surface area contributed by atoms with Gasteiger partial charge in [0.2, 0.25) is 0 Å². The fraction of sp³-hybridized carbons (Fsp3) is 0.158. The number of aromatic amines is 1. The predicted molar refractivity (Wildman–Crippen MR) is 88.6 cm³/mol.